The second kappa shape index (κ2) is 5.63. The molecule has 3 rings (SSSR count). The van der Waals surface area contributed by atoms with Crippen LogP contribution in [0.1, 0.15) is 11.1 Å². The SMILES string of the molecule is FC(F)Oc1ccc(C#Cc2ccnc3[nH]ccc23)cc1. The summed E-state index contributed by atoms with van der Waals surface area (Å²) in [6.45, 7) is -2.82. The van der Waals surface area contributed by atoms with Crippen LogP contribution < -0.4 is 4.74 Å². The molecular formula is C16H10F2N2O. The number of benzene rings is 1. The van der Waals surface area contributed by atoms with Crippen molar-refractivity contribution in [1.82, 2.24) is 9.97 Å². The lowest BCUT2D eigenvalue weighted by Gasteiger charge is -2.03. The molecule has 0 spiro atoms. The molecule has 3 aromatic rings. The van der Waals surface area contributed by atoms with Crippen LogP contribution in [0.5, 0.6) is 5.75 Å². The van der Waals surface area contributed by atoms with Crippen molar-refractivity contribution in [3.63, 3.8) is 0 Å². The number of H-pyrrole nitrogens is 1. The van der Waals surface area contributed by atoms with Crippen LogP contribution >= 0.6 is 0 Å². The number of pyridine rings is 1. The predicted molar refractivity (Wildman–Crippen MR) is 75.1 cm³/mol. The van der Waals surface area contributed by atoms with Crippen molar-refractivity contribution in [2.75, 3.05) is 0 Å². The van der Waals surface area contributed by atoms with E-state index in [9.17, 15) is 8.78 Å². The first-order valence-electron chi connectivity index (χ1n) is 6.21. The second-order valence-electron chi connectivity index (χ2n) is 4.25. The van der Waals surface area contributed by atoms with Crippen LogP contribution in [-0.4, -0.2) is 16.6 Å². The third kappa shape index (κ3) is 3.00. The molecule has 0 aliphatic heterocycles. The van der Waals surface area contributed by atoms with Gasteiger partial charge in [-0.15, -0.1) is 0 Å². The molecule has 0 aliphatic rings. The van der Waals surface area contributed by atoms with Crippen molar-refractivity contribution < 1.29 is 13.5 Å². The number of alkyl halides is 2. The van der Waals surface area contributed by atoms with E-state index in [1.54, 1.807) is 24.5 Å². The van der Waals surface area contributed by atoms with Gasteiger partial charge in [0.15, 0.2) is 0 Å². The van der Waals surface area contributed by atoms with E-state index in [1.165, 1.54) is 12.1 Å². The zero-order valence-corrected chi connectivity index (χ0v) is 10.8. The number of hydrogen-bond acceptors (Lipinski definition) is 2. The molecule has 1 aromatic carbocycles. The predicted octanol–water partition coefficient (Wildman–Crippen LogP) is 3.56. The van der Waals surface area contributed by atoms with Crippen LogP contribution in [0.4, 0.5) is 8.78 Å². The Morgan fingerprint density at radius 1 is 1.05 bits per heavy atom. The average Bonchev–Trinajstić information content (AvgIpc) is 2.95. The molecule has 0 aliphatic carbocycles. The number of aromatic nitrogens is 2. The lowest BCUT2D eigenvalue weighted by atomic mass is 10.1. The lowest BCUT2D eigenvalue weighted by Crippen LogP contribution is -2.01. The summed E-state index contributed by atoms with van der Waals surface area (Å²) < 4.78 is 28.4. The summed E-state index contributed by atoms with van der Waals surface area (Å²) in [7, 11) is 0. The lowest BCUT2D eigenvalue weighted by molar-refractivity contribution is -0.0498. The van der Waals surface area contributed by atoms with Crippen molar-refractivity contribution in [2.24, 2.45) is 0 Å². The van der Waals surface area contributed by atoms with Gasteiger partial charge in [0.2, 0.25) is 0 Å². The molecule has 0 bridgehead atoms. The Balaban J connectivity index is 1.85. The van der Waals surface area contributed by atoms with Crippen LogP contribution in [-0.2, 0) is 0 Å². The summed E-state index contributed by atoms with van der Waals surface area (Å²) in [4.78, 5) is 7.20. The van der Waals surface area contributed by atoms with Gasteiger partial charge in [-0.25, -0.2) is 4.98 Å². The topological polar surface area (TPSA) is 37.9 Å². The maximum atomic E-state index is 12.0. The average molecular weight is 284 g/mol. The van der Waals surface area contributed by atoms with Crippen LogP contribution in [0.15, 0.2) is 48.8 Å². The Bertz CT molecular complexity index is 813. The number of ether oxygens (including phenoxy) is 1. The van der Waals surface area contributed by atoms with E-state index < -0.39 is 6.61 Å². The minimum absolute atomic E-state index is 0.118. The first kappa shape index (κ1) is 13.1. The third-order valence-electron chi connectivity index (χ3n) is 2.88. The summed E-state index contributed by atoms with van der Waals surface area (Å²) in [5, 5.41) is 0.947. The van der Waals surface area contributed by atoms with Gasteiger partial charge in [-0.05, 0) is 36.4 Å². The first-order chi connectivity index (χ1) is 10.2. The Hall–Kier alpha value is -2.87. The minimum Gasteiger partial charge on any atom is -0.435 e. The molecule has 0 saturated carbocycles. The Morgan fingerprint density at radius 3 is 2.62 bits per heavy atom. The summed E-state index contributed by atoms with van der Waals surface area (Å²) >= 11 is 0. The normalized spacial score (nSPS) is 10.4. The molecular weight excluding hydrogens is 274 g/mol. The van der Waals surface area contributed by atoms with Crippen molar-refractivity contribution >= 4 is 11.0 Å². The molecule has 2 aromatic heterocycles. The highest BCUT2D eigenvalue weighted by atomic mass is 19.3. The molecule has 3 nitrogen and oxygen atoms in total. The van der Waals surface area contributed by atoms with Gasteiger partial charge in [0, 0.05) is 28.9 Å². The highest BCUT2D eigenvalue weighted by molar-refractivity contribution is 5.82. The number of nitrogens with zero attached hydrogens (tertiary/aromatic N) is 1. The molecule has 0 amide bonds. The number of halogens is 2. The Morgan fingerprint density at radius 2 is 1.86 bits per heavy atom. The molecule has 0 fully saturated rings. The van der Waals surface area contributed by atoms with Crippen LogP contribution in [0.2, 0.25) is 0 Å². The highest BCUT2D eigenvalue weighted by Gasteiger charge is 2.03. The van der Waals surface area contributed by atoms with Crippen LogP contribution in [0, 0.1) is 11.8 Å². The second-order valence-corrected chi connectivity index (χ2v) is 4.25. The van der Waals surface area contributed by atoms with E-state index in [0.29, 0.717) is 0 Å². The van der Waals surface area contributed by atoms with Gasteiger partial charge in [-0.3, -0.25) is 0 Å². The standard InChI is InChI=1S/C16H10F2N2O/c17-16(18)21-13-5-2-11(3-6-13)1-4-12-7-9-19-15-14(12)8-10-20-15/h2-3,5-10,16H,(H,19,20). The molecule has 104 valence electrons. The van der Waals surface area contributed by atoms with Gasteiger partial charge in [-0.2, -0.15) is 8.78 Å². The smallest absolute Gasteiger partial charge is 0.387 e. The van der Waals surface area contributed by atoms with Crippen LogP contribution in [0.25, 0.3) is 11.0 Å². The summed E-state index contributed by atoms with van der Waals surface area (Å²) in [6, 6.07) is 9.95. The van der Waals surface area contributed by atoms with E-state index >= 15 is 0 Å². The summed E-state index contributed by atoms with van der Waals surface area (Å²) in [5.74, 6) is 6.16. The maximum absolute atomic E-state index is 12.0. The van der Waals surface area contributed by atoms with Gasteiger partial charge in [0.25, 0.3) is 0 Å². The van der Waals surface area contributed by atoms with E-state index in [-0.39, 0.29) is 5.75 Å². The van der Waals surface area contributed by atoms with E-state index in [1.807, 2.05) is 12.1 Å². The number of fused-ring (bicyclic) bond motifs is 1. The van der Waals surface area contributed by atoms with Crippen molar-refractivity contribution in [2.45, 2.75) is 6.61 Å². The molecule has 0 atom stereocenters. The van der Waals surface area contributed by atoms with E-state index in [0.717, 1.165) is 22.2 Å². The zero-order valence-electron chi connectivity index (χ0n) is 10.8. The number of hydrogen-bond donors (Lipinski definition) is 1. The van der Waals surface area contributed by atoms with Crippen LogP contribution in [0.3, 0.4) is 0 Å². The number of nitrogens with one attached hydrogen (secondary N) is 1. The maximum Gasteiger partial charge on any atom is 0.387 e. The quantitative estimate of drug-likeness (QED) is 0.731. The zero-order chi connectivity index (χ0) is 14.7. The van der Waals surface area contributed by atoms with Gasteiger partial charge < -0.3 is 9.72 Å². The molecule has 21 heavy (non-hydrogen) atoms. The minimum atomic E-state index is -2.82. The fraction of sp³-hybridized carbons (Fsp3) is 0.0625. The van der Waals surface area contributed by atoms with E-state index in [4.69, 9.17) is 0 Å². The van der Waals surface area contributed by atoms with E-state index in [2.05, 4.69) is 26.5 Å². The first-order valence-corrected chi connectivity index (χ1v) is 6.21. The molecule has 0 radical (unpaired) electrons. The number of rotatable bonds is 2. The van der Waals surface area contributed by atoms with Gasteiger partial charge in [0.1, 0.15) is 11.4 Å². The summed E-state index contributed by atoms with van der Waals surface area (Å²) in [6.07, 6.45) is 3.49. The largest absolute Gasteiger partial charge is 0.435 e. The van der Waals surface area contributed by atoms with Crippen molar-refractivity contribution in [3.05, 3.63) is 59.9 Å². The third-order valence-corrected chi connectivity index (χ3v) is 2.88. The fourth-order valence-electron chi connectivity index (χ4n) is 1.93. The molecule has 0 saturated heterocycles. The fourth-order valence-corrected chi connectivity index (χ4v) is 1.93. The monoisotopic (exact) mass is 284 g/mol. The molecule has 1 N–H and O–H groups in total. The van der Waals surface area contributed by atoms with Gasteiger partial charge >= 0.3 is 6.61 Å². The molecule has 2 heterocycles. The molecule has 5 heteroatoms. The van der Waals surface area contributed by atoms with Gasteiger partial charge in [-0.1, -0.05) is 11.8 Å². The van der Waals surface area contributed by atoms with Crippen molar-refractivity contribution in [3.8, 4) is 17.6 Å². The van der Waals surface area contributed by atoms with Gasteiger partial charge in [0.05, 0.1) is 0 Å². The summed E-state index contributed by atoms with van der Waals surface area (Å²) in [5.41, 5.74) is 2.36. The Kier molecular flexibility index (Phi) is 3.52. The van der Waals surface area contributed by atoms with Crippen molar-refractivity contribution in [1.29, 1.82) is 0 Å². The number of aromatic amines is 1. The Labute approximate surface area is 119 Å². The highest BCUT2D eigenvalue weighted by Crippen LogP contribution is 2.16. The molecule has 0 unspecified atom stereocenters.